The van der Waals surface area contributed by atoms with Crippen LogP contribution in [0.15, 0.2) is 69.2 Å². The average Bonchev–Trinajstić information content (AvgIpc) is 3.27. The van der Waals surface area contributed by atoms with Crippen LogP contribution < -0.4 is 5.32 Å². The van der Waals surface area contributed by atoms with Crippen molar-refractivity contribution >= 4 is 34.5 Å². The molecule has 2 aromatic carbocycles. The quantitative estimate of drug-likeness (QED) is 0.473. The van der Waals surface area contributed by atoms with Crippen molar-refractivity contribution in [1.29, 1.82) is 0 Å². The Morgan fingerprint density at radius 1 is 1.18 bits per heavy atom. The first-order valence-electron chi connectivity index (χ1n) is 10.1. The third-order valence-corrected chi connectivity index (χ3v) is 5.91. The number of hydrogen-bond acceptors (Lipinski definition) is 8. The van der Waals surface area contributed by atoms with Crippen molar-refractivity contribution in [1.82, 2.24) is 15.5 Å². The number of halogens is 2. The average molecular weight is 487 g/mol. The Morgan fingerprint density at radius 3 is 2.61 bits per heavy atom. The number of aromatic nitrogens is 2. The summed E-state index contributed by atoms with van der Waals surface area (Å²) in [5.41, 5.74) is 2.45. The second-order valence-electron chi connectivity index (χ2n) is 7.07. The highest BCUT2D eigenvalue weighted by Crippen LogP contribution is 2.33. The van der Waals surface area contributed by atoms with E-state index in [1.54, 1.807) is 50.2 Å². The fraction of sp³-hybridized carbons (Fsp3) is 0.217. The summed E-state index contributed by atoms with van der Waals surface area (Å²) in [6.45, 7) is 3.76. The number of esters is 1. The Kier molecular flexibility index (Phi) is 7.10. The van der Waals surface area contributed by atoms with Gasteiger partial charge >= 0.3 is 5.97 Å². The topological polar surface area (TPSA) is 89.6 Å². The predicted octanol–water partition coefficient (Wildman–Crippen LogP) is 5.30. The van der Waals surface area contributed by atoms with E-state index in [2.05, 4.69) is 20.5 Å². The zero-order valence-electron chi connectivity index (χ0n) is 17.8. The number of carbonyl (C=O) groups excluding carboxylic acids is 1. The first kappa shape index (κ1) is 23.0. The lowest BCUT2D eigenvalue weighted by atomic mass is 9.96. The van der Waals surface area contributed by atoms with E-state index in [4.69, 9.17) is 20.8 Å². The molecule has 0 fully saturated rings. The minimum atomic E-state index is -0.624. The first-order chi connectivity index (χ1) is 15.9. The number of carbonyl (C=O) groups is 1. The summed E-state index contributed by atoms with van der Waals surface area (Å²) in [4.78, 5) is 17.3. The maximum absolute atomic E-state index is 13.5. The fourth-order valence-electron chi connectivity index (χ4n) is 3.23. The van der Waals surface area contributed by atoms with Crippen LogP contribution in [0.5, 0.6) is 0 Å². The molecule has 3 aromatic rings. The van der Waals surface area contributed by atoms with Gasteiger partial charge in [0.05, 0.1) is 17.9 Å². The van der Waals surface area contributed by atoms with Crippen LogP contribution in [0.25, 0.3) is 11.5 Å². The number of thioether (sulfide) groups is 1. The van der Waals surface area contributed by atoms with Crippen LogP contribution >= 0.6 is 23.4 Å². The summed E-state index contributed by atoms with van der Waals surface area (Å²) in [6, 6.07) is 12.4. The highest BCUT2D eigenvalue weighted by Gasteiger charge is 2.30. The number of amidine groups is 1. The Labute approximate surface area is 199 Å². The largest absolute Gasteiger partial charge is 0.463 e. The summed E-state index contributed by atoms with van der Waals surface area (Å²) < 4.78 is 24.4. The smallest absolute Gasteiger partial charge is 0.338 e. The van der Waals surface area contributed by atoms with E-state index in [-0.39, 0.29) is 12.4 Å². The van der Waals surface area contributed by atoms with Gasteiger partial charge in [0, 0.05) is 16.3 Å². The second-order valence-corrected chi connectivity index (χ2v) is 8.47. The molecule has 0 saturated heterocycles. The van der Waals surface area contributed by atoms with Crippen molar-refractivity contribution in [3.8, 4) is 11.5 Å². The molecule has 0 bridgehead atoms. The molecule has 0 spiro atoms. The zero-order chi connectivity index (χ0) is 23.4. The van der Waals surface area contributed by atoms with Crippen molar-refractivity contribution in [2.24, 2.45) is 4.99 Å². The van der Waals surface area contributed by atoms with Gasteiger partial charge in [-0.3, -0.25) is 0 Å². The normalized spacial score (nSPS) is 15.8. The van der Waals surface area contributed by atoms with Gasteiger partial charge in [-0.25, -0.2) is 14.2 Å². The number of rotatable bonds is 6. The Bertz CT molecular complexity index is 1210. The molecule has 0 amide bonds. The molecule has 1 aromatic heterocycles. The van der Waals surface area contributed by atoms with Gasteiger partial charge in [0.2, 0.25) is 11.8 Å². The minimum Gasteiger partial charge on any atom is -0.463 e. The van der Waals surface area contributed by atoms with Gasteiger partial charge in [-0.1, -0.05) is 35.5 Å². The molecule has 1 atom stereocenters. The van der Waals surface area contributed by atoms with Gasteiger partial charge in [0.1, 0.15) is 11.9 Å². The second kappa shape index (κ2) is 10.2. The maximum atomic E-state index is 13.5. The molecule has 1 unspecified atom stereocenters. The van der Waals surface area contributed by atoms with Crippen LogP contribution in [0.1, 0.15) is 31.3 Å². The maximum Gasteiger partial charge on any atom is 0.338 e. The van der Waals surface area contributed by atoms with Crippen LogP contribution in [-0.2, 0) is 15.3 Å². The van der Waals surface area contributed by atoms with Gasteiger partial charge in [0.25, 0.3) is 0 Å². The molecule has 10 heteroatoms. The van der Waals surface area contributed by atoms with E-state index in [1.807, 2.05) is 0 Å². The molecule has 1 N–H and O–H groups in total. The van der Waals surface area contributed by atoms with Gasteiger partial charge in [0.15, 0.2) is 5.17 Å². The molecule has 33 heavy (non-hydrogen) atoms. The molecule has 4 rings (SSSR count). The standard InChI is InChI=1S/C23H20ClFN4O3S/c1-3-31-22(30)19-13(2)26-23(27-20(19)14-6-10-17(25)11-7-14)33-12-18-28-29-21(32-18)15-4-8-16(24)9-5-15/h4-11,20H,3,12H2,1-2H3,(H,26,27). The van der Waals surface area contributed by atoms with Crippen molar-refractivity contribution < 1.29 is 18.3 Å². The predicted molar refractivity (Wildman–Crippen MR) is 125 cm³/mol. The summed E-state index contributed by atoms with van der Waals surface area (Å²) in [5.74, 6) is 0.354. The summed E-state index contributed by atoms with van der Waals surface area (Å²) >= 11 is 7.28. The molecule has 1 aliphatic heterocycles. The Hall–Kier alpha value is -3.17. The van der Waals surface area contributed by atoms with Crippen LogP contribution in [0.2, 0.25) is 5.02 Å². The highest BCUT2D eigenvalue weighted by molar-refractivity contribution is 8.13. The molecule has 7 nitrogen and oxygen atoms in total. The lowest BCUT2D eigenvalue weighted by Crippen LogP contribution is -2.30. The number of hydrogen-bond donors (Lipinski definition) is 1. The Balaban J connectivity index is 1.53. The lowest BCUT2D eigenvalue weighted by molar-refractivity contribution is -0.138. The monoisotopic (exact) mass is 486 g/mol. The summed E-state index contributed by atoms with van der Waals surface area (Å²) in [5, 5.41) is 12.5. The Morgan fingerprint density at radius 2 is 1.91 bits per heavy atom. The molecular formula is C23H20ClFN4O3S. The van der Waals surface area contributed by atoms with Crippen molar-refractivity contribution in [2.75, 3.05) is 6.61 Å². The molecule has 170 valence electrons. The van der Waals surface area contributed by atoms with E-state index in [0.717, 1.165) is 5.56 Å². The first-order valence-corrected chi connectivity index (χ1v) is 11.5. The van der Waals surface area contributed by atoms with E-state index >= 15 is 0 Å². The SMILES string of the molecule is CCOC(=O)C1=C(C)NC(SCc2nnc(-c3ccc(Cl)cc3)o2)=NC1c1ccc(F)cc1. The number of nitrogens with one attached hydrogen (secondary N) is 1. The van der Waals surface area contributed by atoms with Crippen LogP contribution in [0.4, 0.5) is 4.39 Å². The van der Waals surface area contributed by atoms with Gasteiger partial charge in [-0.05, 0) is 55.8 Å². The molecule has 0 radical (unpaired) electrons. The van der Waals surface area contributed by atoms with Gasteiger partial charge < -0.3 is 14.5 Å². The van der Waals surface area contributed by atoms with Crippen molar-refractivity contribution in [2.45, 2.75) is 25.6 Å². The number of nitrogens with zero attached hydrogens (tertiary/aromatic N) is 3. The van der Waals surface area contributed by atoms with E-state index in [0.29, 0.717) is 44.6 Å². The summed E-state index contributed by atoms with van der Waals surface area (Å²) in [6.07, 6.45) is 0. The van der Waals surface area contributed by atoms with Gasteiger partial charge in [-0.2, -0.15) is 0 Å². The minimum absolute atomic E-state index is 0.240. The van der Waals surface area contributed by atoms with Crippen LogP contribution in [0, 0.1) is 5.82 Å². The highest BCUT2D eigenvalue weighted by atomic mass is 35.5. The summed E-state index contributed by atoms with van der Waals surface area (Å²) in [7, 11) is 0. The van der Waals surface area contributed by atoms with E-state index in [9.17, 15) is 9.18 Å². The number of ether oxygens (including phenoxy) is 1. The number of aliphatic imine (C=N–C) groups is 1. The third-order valence-electron chi connectivity index (χ3n) is 4.79. The molecule has 2 heterocycles. The zero-order valence-corrected chi connectivity index (χ0v) is 19.4. The number of allylic oxidation sites excluding steroid dienone is 1. The number of benzene rings is 2. The van der Waals surface area contributed by atoms with Crippen LogP contribution in [-0.4, -0.2) is 27.9 Å². The molecule has 1 aliphatic rings. The fourth-order valence-corrected chi connectivity index (χ4v) is 4.14. The third kappa shape index (κ3) is 5.43. The molecule has 0 aliphatic carbocycles. The molecule has 0 saturated carbocycles. The lowest BCUT2D eigenvalue weighted by Gasteiger charge is -2.25. The van der Waals surface area contributed by atoms with E-state index in [1.165, 1.54) is 23.9 Å². The molecular weight excluding hydrogens is 467 g/mol. The van der Waals surface area contributed by atoms with E-state index < -0.39 is 12.0 Å². The van der Waals surface area contributed by atoms with Crippen LogP contribution in [0.3, 0.4) is 0 Å². The van der Waals surface area contributed by atoms with Crippen molar-refractivity contribution in [3.05, 3.63) is 82.1 Å². The van der Waals surface area contributed by atoms with Crippen molar-refractivity contribution in [3.63, 3.8) is 0 Å². The van der Waals surface area contributed by atoms with Gasteiger partial charge in [-0.15, -0.1) is 10.2 Å².